The second-order valence-electron chi connectivity index (χ2n) is 5.77. The topological polar surface area (TPSA) is 45.2 Å². The van der Waals surface area contributed by atoms with Gasteiger partial charge in [-0.25, -0.2) is 4.98 Å². The molecule has 1 aliphatic carbocycles. The van der Waals surface area contributed by atoms with Gasteiger partial charge in [0.2, 0.25) is 0 Å². The molecule has 0 bridgehead atoms. The van der Waals surface area contributed by atoms with Crippen LogP contribution in [-0.2, 0) is 6.54 Å². The average molecular weight is 268 g/mol. The molecule has 0 aliphatic heterocycles. The first kappa shape index (κ1) is 14.0. The van der Waals surface area contributed by atoms with Gasteiger partial charge in [-0.3, -0.25) is 0 Å². The number of hydrogen-bond acceptors (Lipinski definition) is 4. The molecular formula is C14H24N2OS. The summed E-state index contributed by atoms with van der Waals surface area (Å²) in [7, 11) is 0. The summed E-state index contributed by atoms with van der Waals surface area (Å²) in [5.41, 5.74) is 0.625. The highest BCUT2D eigenvalue weighted by molar-refractivity contribution is 7.11. The minimum Gasteiger partial charge on any atom is -0.389 e. The molecule has 0 saturated heterocycles. The fraction of sp³-hybridized carbons (Fsp3) is 0.786. The third-order valence-corrected chi connectivity index (χ3v) is 4.88. The number of nitrogens with zero attached hydrogens (tertiary/aromatic N) is 1. The SMILES string of the molecule is Cc1nc(C)c(CNCC2(O)CCCC(C)C2)s1. The molecule has 0 radical (unpaired) electrons. The van der Waals surface area contributed by atoms with Crippen LogP contribution in [0.25, 0.3) is 0 Å². The highest BCUT2D eigenvalue weighted by Gasteiger charge is 2.32. The van der Waals surface area contributed by atoms with E-state index in [9.17, 15) is 5.11 Å². The van der Waals surface area contributed by atoms with E-state index >= 15 is 0 Å². The lowest BCUT2D eigenvalue weighted by Crippen LogP contribution is -2.43. The van der Waals surface area contributed by atoms with Crippen LogP contribution >= 0.6 is 11.3 Å². The van der Waals surface area contributed by atoms with E-state index in [1.807, 2.05) is 6.92 Å². The third kappa shape index (κ3) is 3.53. The van der Waals surface area contributed by atoms with Crippen molar-refractivity contribution in [1.82, 2.24) is 10.3 Å². The molecule has 1 aliphatic rings. The van der Waals surface area contributed by atoms with E-state index in [0.29, 0.717) is 12.5 Å². The second-order valence-corrected chi connectivity index (χ2v) is 7.06. The molecule has 2 unspecified atom stereocenters. The third-order valence-electron chi connectivity index (χ3n) is 3.81. The van der Waals surface area contributed by atoms with Gasteiger partial charge in [0, 0.05) is 18.0 Å². The average Bonchev–Trinajstić information content (AvgIpc) is 2.57. The summed E-state index contributed by atoms with van der Waals surface area (Å²) < 4.78 is 0. The van der Waals surface area contributed by atoms with Crippen molar-refractivity contribution in [2.75, 3.05) is 6.54 Å². The highest BCUT2D eigenvalue weighted by Crippen LogP contribution is 2.31. The van der Waals surface area contributed by atoms with Gasteiger partial charge in [0.05, 0.1) is 16.3 Å². The molecule has 4 heteroatoms. The molecule has 1 heterocycles. The Bertz CT molecular complexity index is 404. The zero-order chi connectivity index (χ0) is 13.2. The van der Waals surface area contributed by atoms with Crippen LogP contribution in [0.3, 0.4) is 0 Å². The number of thiazole rings is 1. The van der Waals surface area contributed by atoms with Gasteiger partial charge in [-0.1, -0.05) is 19.8 Å². The Kier molecular flexibility index (Phi) is 4.41. The maximum atomic E-state index is 10.5. The number of aliphatic hydroxyl groups is 1. The summed E-state index contributed by atoms with van der Waals surface area (Å²) in [4.78, 5) is 5.71. The lowest BCUT2D eigenvalue weighted by atomic mass is 9.79. The van der Waals surface area contributed by atoms with E-state index < -0.39 is 5.60 Å². The highest BCUT2D eigenvalue weighted by atomic mass is 32.1. The Morgan fingerprint density at radius 2 is 2.28 bits per heavy atom. The lowest BCUT2D eigenvalue weighted by Gasteiger charge is -2.35. The van der Waals surface area contributed by atoms with Crippen LogP contribution in [0.15, 0.2) is 0 Å². The monoisotopic (exact) mass is 268 g/mol. The summed E-state index contributed by atoms with van der Waals surface area (Å²) in [5, 5.41) is 15.0. The van der Waals surface area contributed by atoms with E-state index in [4.69, 9.17) is 0 Å². The number of hydrogen-bond donors (Lipinski definition) is 2. The van der Waals surface area contributed by atoms with Crippen molar-refractivity contribution < 1.29 is 5.11 Å². The van der Waals surface area contributed by atoms with Crippen molar-refractivity contribution in [3.05, 3.63) is 15.6 Å². The van der Waals surface area contributed by atoms with Gasteiger partial charge in [-0.2, -0.15) is 0 Å². The van der Waals surface area contributed by atoms with Crippen LogP contribution in [0.1, 0.15) is 48.2 Å². The lowest BCUT2D eigenvalue weighted by molar-refractivity contribution is -0.0119. The first-order valence-electron chi connectivity index (χ1n) is 6.84. The molecule has 1 saturated carbocycles. The smallest absolute Gasteiger partial charge is 0.0900 e. The fourth-order valence-corrected chi connectivity index (χ4v) is 3.85. The molecule has 18 heavy (non-hydrogen) atoms. The standard InChI is InChI=1S/C14H24N2OS/c1-10-5-4-6-14(17,7-10)9-15-8-13-11(2)16-12(3)18-13/h10,15,17H,4-9H2,1-3H3. The Morgan fingerprint density at radius 3 is 2.89 bits per heavy atom. The quantitative estimate of drug-likeness (QED) is 0.882. The van der Waals surface area contributed by atoms with Crippen molar-refractivity contribution in [3.8, 4) is 0 Å². The molecule has 0 spiro atoms. The van der Waals surface area contributed by atoms with E-state index in [1.165, 1.54) is 11.3 Å². The summed E-state index contributed by atoms with van der Waals surface area (Å²) in [6, 6.07) is 0. The molecule has 2 atom stereocenters. The Labute approximate surface area is 114 Å². The molecule has 3 nitrogen and oxygen atoms in total. The van der Waals surface area contributed by atoms with Crippen LogP contribution in [0.5, 0.6) is 0 Å². The van der Waals surface area contributed by atoms with E-state index in [1.54, 1.807) is 11.3 Å². The number of rotatable bonds is 4. The molecule has 2 rings (SSSR count). The second kappa shape index (κ2) is 5.68. The molecule has 1 fully saturated rings. The summed E-state index contributed by atoms with van der Waals surface area (Å²) >= 11 is 1.75. The van der Waals surface area contributed by atoms with Gasteiger partial charge in [0.15, 0.2) is 0 Å². The number of nitrogens with one attached hydrogen (secondary N) is 1. The van der Waals surface area contributed by atoms with Crippen molar-refractivity contribution in [3.63, 3.8) is 0 Å². The molecular weight excluding hydrogens is 244 g/mol. The van der Waals surface area contributed by atoms with Gasteiger partial charge >= 0.3 is 0 Å². The van der Waals surface area contributed by atoms with Gasteiger partial charge in [-0.05, 0) is 32.6 Å². The summed E-state index contributed by atoms with van der Waals surface area (Å²) in [5.74, 6) is 0.651. The molecule has 1 aromatic heterocycles. The largest absolute Gasteiger partial charge is 0.389 e. The molecule has 2 N–H and O–H groups in total. The van der Waals surface area contributed by atoms with Crippen LogP contribution < -0.4 is 5.32 Å². The normalized spacial score (nSPS) is 28.6. The van der Waals surface area contributed by atoms with Crippen LogP contribution in [0, 0.1) is 19.8 Å². The summed E-state index contributed by atoms with van der Waals surface area (Å²) in [6.07, 6.45) is 4.28. The maximum absolute atomic E-state index is 10.5. The van der Waals surface area contributed by atoms with Gasteiger partial charge in [0.25, 0.3) is 0 Å². The number of aromatic nitrogens is 1. The fourth-order valence-electron chi connectivity index (χ4n) is 2.94. The molecule has 1 aromatic rings. The molecule has 0 amide bonds. The first-order chi connectivity index (χ1) is 8.48. The van der Waals surface area contributed by atoms with Crippen molar-refractivity contribution in [1.29, 1.82) is 0 Å². The molecule has 0 aromatic carbocycles. The summed E-state index contributed by atoms with van der Waals surface area (Å²) in [6.45, 7) is 7.86. The molecule has 102 valence electrons. The maximum Gasteiger partial charge on any atom is 0.0900 e. The predicted octanol–water partition coefficient (Wildman–Crippen LogP) is 2.79. The van der Waals surface area contributed by atoms with E-state index in [2.05, 4.69) is 24.1 Å². The van der Waals surface area contributed by atoms with E-state index in [0.717, 1.165) is 36.5 Å². The Balaban J connectivity index is 1.83. The Hall–Kier alpha value is -0.450. The van der Waals surface area contributed by atoms with Crippen molar-refractivity contribution in [2.45, 2.75) is 58.6 Å². The minimum atomic E-state index is -0.495. The van der Waals surface area contributed by atoms with Crippen LogP contribution in [-0.4, -0.2) is 22.2 Å². The zero-order valence-corrected chi connectivity index (χ0v) is 12.4. The number of aryl methyl sites for hydroxylation is 2. The van der Waals surface area contributed by atoms with Gasteiger partial charge in [0.1, 0.15) is 0 Å². The Morgan fingerprint density at radius 1 is 1.50 bits per heavy atom. The zero-order valence-electron chi connectivity index (χ0n) is 11.6. The minimum absolute atomic E-state index is 0.495. The van der Waals surface area contributed by atoms with E-state index in [-0.39, 0.29) is 0 Å². The van der Waals surface area contributed by atoms with Crippen molar-refractivity contribution >= 4 is 11.3 Å². The first-order valence-corrected chi connectivity index (χ1v) is 7.66. The van der Waals surface area contributed by atoms with Gasteiger partial charge in [-0.15, -0.1) is 11.3 Å². The van der Waals surface area contributed by atoms with Gasteiger partial charge < -0.3 is 10.4 Å². The van der Waals surface area contributed by atoms with Crippen LogP contribution in [0.2, 0.25) is 0 Å². The van der Waals surface area contributed by atoms with Crippen LogP contribution in [0.4, 0.5) is 0 Å². The van der Waals surface area contributed by atoms with Crippen molar-refractivity contribution in [2.24, 2.45) is 5.92 Å². The predicted molar refractivity (Wildman–Crippen MR) is 75.9 cm³/mol.